The third-order valence-corrected chi connectivity index (χ3v) is 5.40. The van der Waals surface area contributed by atoms with E-state index >= 15 is 0 Å². The number of fused-ring (bicyclic) bond motifs is 1. The number of H-pyrrole nitrogens is 1. The molecule has 6 heteroatoms. The van der Waals surface area contributed by atoms with Crippen LogP contribution < -0.4 is 0 Å². The molecule has 0 radical (unpaired) electrons. The van der Waals surface area contributed by atoms with E-state index in [2.05, 4.69) is 4.98 Å². The zero-order chi connectivity index (χ0) is 21.7. The SMILES string of the molecule is Cc1nc2[nH]c(C)c(C)c2c(-c2ccc(Cl)cc2)c1[C@](C)(OC(C)(C)C)C(=O)O. The lowest BCUT2D eigenvalue weighted by Crippen LogP contribution is -2.43. The van der Waals surface area contributed by atoms with Crippen molar-refractivity contribution in [3.63, 3.8) is 0 Å². The van der Waals surface area contributed by atoms with Gasteiger partial charge < -0.3 is 14.8 Å². The number of benzene rings is 1. The van der Waals surface area contributed by atoms with Gasteiger partial charge in [-0.15, -0.1) is 0 Å². The molecule has 0 unspecified atom stereocenters. The summed E-state index contributed by atoms with van der Waals surface area (Å²) in [5, 5.41) is 11.8. The average molecular weight is 415 g/mol. The summed E-state index contributed by atoms with van der Waals surface area (Å²) in [6.07, 6.45) is 0. The zero-order valence-corrected chi connectivity index (χ0v) is 18.7. The van der Waals surface area contributed by atoms with Crippen molar-refractivity contribution in [3.8, 4) is 11.1 Å². The van der Waals surface area contributed by atoms with E-state index in [0.29, 0.717) is 16.3 Å². The largest absolute Gasteiger partial charge is 0.479 e. The number of halogens is 1. The Kier molecular flexibility index (Phi) is 5.26. The molecule has 0 amide bonds. The maximum Gasteiger partial charge on any atom is 0.340 e. The summed E-state index contributed by atoms with van der Waals surface area (Å²) in [6, 6.07) is 7.42. The van der Waals surface area contributed by atoms with Crippen LogP contribution in [-0.2, 0) is 15.1 Å². The molecule has 0 saturated carbocycles. The molecule has 2 heterocycles. The molecular weight excluding hydrogens is 388 g/mol. The fourth-order valence-corrected chi connectivity index (χ4v) is 4.05. The van der Waals surface area contributed by atoms with E-state index in [1.807, 2.05) is 53.7 Å². The molecule has 2 N–H and O–H groups in total. The van der Waals surface area contributed by atoms with Gasteiger partial charge >= 0.3 is 5.97 Å². The molecule has 0 saturated heterocycles. The minimum absolute atomic E-state index is 0.553. The molecule has 1 aromatic carbocycles. The molecule has 1 atom stereocenters. The Balaban J connectivity index is 2.50. The molecule has 0 fully saturated rings. The van der Waals surface area contributed by atoms with Crippen LogP contribution in [0, 0.1) is 20.8 Å². The van der Waals surface area contributed by atoms with Gasteiger partial charge in [0.2, 0.25) is 0 Å². The van der Waals surface area contributed by atoms with Crippen LogP contribution in [0.3, 0.4) is 0 Å². The van der Waals surface area contributed by atoms with Crippen LogP contribution in [0.2, 0.25) is 5.02 Å². The number of nitrogens with zero attached hydrogens (tertiary/aromatic N) is 1. The van der Waals surface area contributed by atoms with Crippen molar-refractivity contribution in [2.75, 3.05) is 0 Å². The van der Waals surface area contributed by atoms with Crippen molar-refractivity contribution in [3.05, 3.63) is 51.8 Å². The van der Waals surface area contributed by atoms with Crippen LogP contribution in [0.5, 0.6) is 0 Å². The third-order valence-electron chi connectivity index (χ3n) is 5.15. The van der Waals surface area contributed by atoms with E-state index in [1.54, 1.807) is 19.1 Å². The number of pyridine rings is 1. The Morgan fingerprint density at radius 2 is 1.69 bits per heavy atom. The van der Waals surface area contributed by atoms with E-state index in [-0.39, 0.29) is 0 Å². The highest BCUT2D eigenvalue weighted by Gasteiger charge is 2.44. The molecule has 3 rings (SSSR count). The molecule has 0 aliphatic heterocycles. The molecule has 0 aliphatic rings. The first kappa shape index (κ1) is 21.3. The van der Waals surface area contributed by atoms with Gasteiger partial charge in [-0.25, -0.2) is 9.78 Å². The highest BCUT2D eigenvalue weighted by molar-refractivity contribution is 6.30. The number of carboxylic acid groups (broad SMARTS) is 1. The first-order chi connectivity index (χ1) is 13.3. The lowest BCUT2D eigenvalue weighted by atomic mass is 9.84. The van der Waals surface area contributed by atoms with Crippen LogP contribution in [0.15, 0.2) is 24.3 Å². The van der Waals surface area contributed by atoms with Crippen LogP contribution in [-0.4, -0.2) is 26.6 Å². The Labute approximate surface area is 176 Å². The quantitative estimate of drug-likeness (QED) is 0.555. The minimum Gasteiger partial charge on any atom is -0.479 e. The van der Waals surface area contributed by atoms with Gasteiger partial charge in [0.05, 0.1) is 5.60 Å². The molecule has 0 aliphatic carbocycles. The highest BCUT2D eigenvalue weighted by Crippen LogP contribution is 2.43. The van der Waals surface area contributed by atoms with Gasteiger partial charge in [-0.3, -0.25) is 0 Å². The summed E-state index contributed by atoms with van der Waals surface area (Å²) in [6.45, 7) is 13.0. The Bertz CT molecular complexity index is 1090. The fraction of sp³-hybridized carbons (Fsp3) is 0.391. The lowest BCUT2D eigenvalue weighted by molar-refractivity contribution is -0.183. The second-order valence-corrected chi connectivity index (χ2v) is 9.04. The Morgan fingerprint density at radius 3 is 2.21 bits per heavy atom. The maximum atomic E-state index is 12.5. The standard InChI is InChI=1S/C23H27ClN2O3/c1-12-13(2)25-20-17(12)18(15-8-10-16(24)11-9-15)19(14(3)26-20)23(7,21(27)28)29-22(4,5)6/h8-11H,1-7H3,(H,25,26)(H,27,28)/t23-/m0/s1. The maximum absolute atomic E-state index is 12.5. The summed E-state index contributed by atoms with van der Waals surface area (Å²) in [5.41, 5.74) is 3.33. The molecule has 0 spiro atoms. The summed E-state index contributed by atoms with van der Waals surface area (Å²) in [5.74, 6) is -1.06. The molecule has 3 aromatic rings. The van der Waals surface area contributed by atoms with Crippen LogP contribution in [0.25, 0.3) is 22.2 Å². The number of aromatic nitrogens is 2. The smallest absolute Gasteiger partial charge is 0.340 e. The van der Waals surface area contributed by atoms with E-state index in [4.69, 9.17) is 21.3 Å². The number of rotatable bonds is 4. The van der Waals surface area contributed by atoms with Crippen molar-refractivity contribution in [1.82, 2.24) is 9.97 Å². The fourth-order valence-electron chi connectivity index (χ4n) is 3.92. The van der Waals surface area contributed by atoms with Crippen molar-refractivity contribution in [1.29, 1.82) is 0 Å². The van der Waals surface area contributed by atoms with Crippen LogP contribution in [0.4, 0.5) is 0 Å². The second kappa shape index (κ2) is 7.15. The number of carboxylic acids is 1. The van der Waals surface area contributed by atoms with Crippen molar-refractivity contribution < 1.29 is 14.6 Å². The predicted octanol–water partition coefficient (Wildman–Crippen LogP) is 5.92. The number of aromatic amines is 1. The molecule has 0 bridgehead atoms. The summed E-state index contributed by atoms with van der Waals surface area (Å²) in [4.78, 5) is 20.6. The second-order valence-electron chi connectivity index (χ2n) is 8.61. The number of nitrogens with one attached hydrogen (secondary N) is 1. The number of carbonyl (C=O) groups is 1. The van der Waals surface area contributed by atoms with Crippen LogP contribution >= 0.6 is 11.6 Å². The van der Waals surface area contributed by atoms with Crippen LogP contribution in [0.1, 0.15) is 50.2 Å². The molecule has 154 valence electrons. The predicted molar refractivity (Wildman–Crippen MR) is 117 cm³/mol. The molecule has 29 heavy (non-hydrogen) atoms. The van der Waals surface area contributed by atoms with Gasteiger partial charge in [-0.05, 0) is 71.7 Å². The van der Waals surface area contributed by atoms with Crippen molar-refractivity contribution in [2.45, 2.75) is 59.7 Å². The number of hydrogen-bond donors (Lipinski definition) is 2. The van der Waals surface area contributed by atoms with Gasteiger partial charge in [-0.2, -0.15) is 0 Å². The van der Waals surface area contributed by atoms with Gasteiger partial charge in [-0.1, -0.05) is 23.7 Å². The molecule has 5 nitrogen and oxygen atoms in total. The van der Waals surface area contributed by atoms with Gasteiger partial charge in [0, 0.05) is 32.9 Å². The molecular formula is C23H27ClN2O3. The monoisotopic (exact) mass is 414 g/mol. The van der Waals surface area contributed by atoms with Crippen molar-refractivity contribution >= 4 is 28.6 Å². The summed E-state index contributed by atoms with van der Waals surface area (Å²) >= 11 is 6.11. The lowest BCUT2D eigenvalue weighted by Gasteiger charge is -2.35. The van der Waals surface area contributed by atoms with Gasteiger partial charge in [0.15, 0.2) is 5.60 Å². The van der Waals surface area contributed by atoms with E-state index in [0.717, 1.165) is 33.4 Å². The first-order valence-electron chi connectivity index (χ1n) is 9.54. The van der Waals surface area contributed by atoms with E-state index < -0.39 is 17.2 Å². The normalized spacial score (nSPS) is 14.2. The third kappa shape index (κ3) is 3.77. The average Bonchev–Trinajstić information content (AvgIpc) is 2.86. The van der Waals surface area contributed by atoms with Crippen molar-refractivity contribution in [2.24, 2.45) is 0 Å². The molecule has 2 aromatic heterocycles. The van der Waals surface area contributed by atoms with E-state index in [1.165, 1.54) is 0 Å². The summed E-state index contributed by atoms with van der Waals surface area (Å²) < 4.78 is 6.16. The Hall–Kier alpha value is -2.37. The number of aryl methyl sites for hydroxylation is 3. The number of aliphatic carboxylic acids is 1. The number of ether oxygens (including phenoxy) is 1. The van der Waals surface area contributed by atoms with Gasteiger partial charge in [0.25, 0.3) is 0 Å². The minimum atomic E-state index is -1.59. The zero-order valence-electron chi connectivity index (χ0n) is 17.9. The highest BCUT2D eigenvalue weighted by atomic mass is 35.5. The number of hydrogen-bond acceptors (Lipinski definition) is 3. The van der Waals surface area contributed by atoms with Gasteiger partial charge in [0.1, 0.15) is 5.65 Å². The van der Waals surface area contributed by atoms with E-state index in [9.17, 15) is 9.90 Å². The summed E-state index contributed by atoms with van der Waals surface area (Å²) in [7, 11) is 0. The first-order valence-corrected chi connectivity index (χ1v) is 9.92. The Morgan fingerprint density at radius 1 is 1.10 bits per heavy atom. The topological polar surface area (TPSA) is 75.2 Å².